The van der Waals surface area contributed by atoms with E-state index < -0.39 is 11.4 Å². The first-order valence-corrected chi connectivity index (χ1v) is 10.5. The number of carbonyl (C=O) groups excluding carboxylic acids is 1. The largest absolute Gasteiger partial charge is 0.333 e. The number of nitrogens with one attached hydrogen (secondary N) is 2. The number of hydrogen-bond donors (Lipinski definition) is 2. The van der Waals surface area contributed by atoms with E-state index in [9.17, 15) is 14.4 Å². The number of piperazine rings is 1. The molecular formula is C24H24FN7O. The number of nitriles is 1. The molecule has 0 radical (unpaired) electrons. The van der Waals surface area contributed by atoms with Crippen molar-refractivity contribution < 1.29 is 9.18 Å². The summed E-state index contributed by atoms with van der Waals surface area (Å²) in [5, 5.41) is 15.7. The smallest absolute Gasteiger partial charge is 0.321 e. The van der Waals surface area contributed by atoms with Crippen LogP contribution in [0.3, 0.4) is 0 Å². The van der Waals surface area contributed by atoms with Gasteiger partial charge in [-0.2, -0.15) is 5.26 Å². The third kappa shape index (κ3) is 4.85. The van der Waals surface area contributed by atoms with Crippen molar-refractivity contribution in [2.45, 2.75) is 19.4 Å². The fraction of sp³-hybridized carbons (Fsp3) is 0.250. The van der Waals surface area contributed by atoms with Crippen LogP contribution in [0, 0.1) is 17.3 Å². The Morgan fingerprint density at radius 1 is 1.18 bits per heavy atom. The molecule has 8 nitrogen and oxygen atoms in total. The maximum Gasteiger partial charge on any atom is 0.321 e. The number of nitrogens with zero attached hydrogens (tertiary/aromatic N) is 5. The Kier molecular flexibility index (Phi) is 6.09. The molecule has 0 unspecified atom stereocenters. The van der Waals surface area contributed by atoms with E-state index in [1.54, 1.807) is 23.2 Å². The second kappa shape index (κ2) is 9.12. The molecule has 168 valence electrons. The Morgan fingerprint density at radius 2 is 2.00 bits per heavy atom. The topological polar surface area (TPSA) is 96.7 Å². The van der Waals surface area contributed by atoms with Gasteiger partial charge in [0.1, 0.15) is 5.82 Å². The molecular weight excluding hydrogens is 421 g/mol. The minimum atomic E-state index is -0.525. The number of guanidine groups is 1. The number of amides is 2. The van der Waals surface area contributed by atoms with E-state index >= 15 is 0 Å². The van der Waals surface area contributed by atoms with Crippen molar-refractivity contribution in [2.75, 3.05) is 25.0 Å². The Morgan fingerprint density at radius 3 is 2.76 bits per heavy atom. The summed E-state index contributed by atoms with van der Waals surface area (Å²) in [6, 6.07) is 14.9. The zero-order valence-corrected chi connectivity index (χ0v) is 18.4. The monoisotopic (exact) mass is 445 g/mol. The fourth-order valence-electron chi connectivity index (χ4n) is 3.99. The molecule has 1 aromatic heterocycles. The summed E-state index contributed by atoms with van der Waals surface area (Å²) >= 11 is 0. The van der Waals surface area contributed by atoms with Gasteiger partial charge in [0, 0.05) is 36.9 Å². The number of urea groups is 1. The zero-order valence-electron chi connectivity index (χ0n) is 18.4. The Labute approximate surface area is 191 Å². The molecule has 0 atom stereocenters. The average molecular weight is 446 g/mol. The minimum Gasteiger partial charge on any atom is -0.333 e. The molecule has 1 aliphatic rings. The zero-order chi connectivity index (χ0) is 23.4. The molecule has 0 spiro atoms. The van der Waals surface area contributed by atoms with E-state index in [0.29, 0.717) is 37.0 Å². The third-order valence-electron chi connectivity index (χ3n) is 5.54. The first-order chi connectivity index (χ1) is 15.9. The highest BCUT2D eigenvalue weighted by Crippen LogP contribution is 2.27. The van der Waals surface area contributed by atoms with Crippen LogP contribution in [0.15, 0.2) is 65.8 Å². The second-order valence-corrected chi connectivity index (χ2v) is 8.35. The summed E-state index contributed by atoms with van der Waals surface area (Å²) in [5.41, 5.74) is 1.38. The lowest BCUT2D eigenvalue weighted by Gasteiger charge is -2.47. The summed E-state index contributed by atoms with van der Waals surface area (Å²) in [6.45, 7) is 5.22. The lowest BCUT2D eigenvalue weighted by molar-refractivity contribution is 0.0917. The van der Waals surface area contributed by atoms with Crippen molar-refractivity contribution in [1.82, 2.24) is 20.1 Å². The van der Waals surface area contributed by atoms with Crippen molar-refractivity contribution in [2.24, 2.45) is 4.99 Å². The SMILES string of the molecule is CC1(C)CN(C(=O)Nc2cccc(F)c2)CCN1C(=Nc1cccc2ncccc12)NC#N. The van der Waals surface area contributed by atoms with E-state index in [4.69, 9.17) is 4.99 Å². The van der Waals surface area contributed by atoms with Crippen LogP contribution in [-0.4, -0.2) is 51.9 Å². The number of anilines is 1. The van der Waals surface area contributed by atoms with E-state index in [1.165, 1.54) is 12.1 Å². The van der Waals surface area contributed by atoms with Crippen LogP contribution in [0.2, 0.25) is 0 Å². The Bertz CT molecular complexity index is 1250. The van der Waals surface area contributed by atoms with Crippen LogP contribution in [0.1, 0.15) is 13.8 Å². The Hall–Kier alpha value is -4.19. The highest BCUT2D eigenvalue weighted by molar-refractivity contribution is 5.94. The molecule has 2 aromatic carbocycles. The van der Waals surface area contributed by atoms with Crippen LogP contribution in [0.4, 0.5) is 20.6 Å². The summed E-state index contributed by atoms with van der Waals surface area (Å²) in [4.78, 5) is 25.5. The van der Waals surface area contributed by atoms with Crippen LogP contribution >= 0.6 is 0 Å². The standard InChI is InChI=1S/C24H24FN7O/c1-24(2)15-31(23(33)29-18-7-3-6-17(25)14-18)12-13-32(24)22(28-16-26)30-21-10-4-9-20-19(21)8-5-11-27-20/h3-11,14H,12-13,15H2,1-2H3,(H,28,30)(H,29,33). The van der Waals surface area contributed by atoms with Crippen molar-refractivity contribution in [3.63, 3.8) is 0 Å². The number of fused-ring (bicyclic) bond motifs is 1. The van der Waals surface area contributed by atoms with Gasteiger partial charge in [-0.1, -0.05) is 12.1 Å². The maximum absolute atomic E-state index is 13.5. The van der Waals surface area contributed by atoms with Gasteiger partial charge in [-0.25, -0.2) is 14.2 Å². The predicted octanol–water partition coefficient (Wildman–Crippen LogP) is 4.06. The molecule has 0 bridgehead atoms. The summed E-state index contributed by atoms with van der Waals surface area (Å²) in [7, 11) is 0. The van der Waals surface area contributed by atoms with E-state index in [1.807, 2.05) is 55.3 Å². The minimum absolute atomic E-state index is 0.305. The van der Waals surface area contributed by atoms with Gasteiger partial charge in [-0.15, -0.1) is 0 Å². The quantitative estimate of drug-likeness (QED) is 0.268. The summed E-state index contributed by atoms with van der Waals surface area (Å²) in [5.74, 6) is -0.00550. The first-order valence-electron chi connectivity index (χ1n) is 10.5. The number of halogens is 1. The molecule has 33 heavy (non-hydrogen) atoms. The van der Waals surface area contributed by atoms with Gasteiger partial charge in [-0.05, 0) is 56.3 Å². The number of hydrogen-bond acceptors (Lipinski definition) is 4. The van der Waals surface area contributed by atoms with Crippen LogP contribution in [-0.2, 0) is 0 Å². The van der Waals surface area contributed by atoms with Crippen molar-refractivity contribution in [3.05, 3.63) is 66.6 Å². The lowest BCUT2D eigenvalue weighted by Crippen LogP contribution is -2.64. The molecule has 9 heteroatoms. The Balaban J connectivity index is 1.56. The molecule has 1 saturated heterocycles. The molecule has 2 amide bonds. The number of pyridine rings is 1. The van der Waals surface area contributed by atoms with Gasteiger partial charge in [0.25, 0.3) is 0 Å². The van der Waals surface area contributed by atoms with Crippen molar-refractivity contribution >= 4 is 34.3 Å². The summed E-state index contributed by atoms with van der Waals surface area (Å²) in [6.07, 6.45) is 3.70. The number of carbonyl (C=O) groups is 1. The van der Waals surface area contributed by atoms with Gasteiger partial charge >= 0.3 is 6.03 Å². The van der Waals surface area contributed by atoms with Crippen molar-refractivity contribution in [1.29, 1.82) is 5.26 Å². The highest BCUT2D eigenvalue weighted by atomic mass is 19.1. The normalized spacial score (nSPS) is 15.8. The van der Waals surface area contributed by atoms with Gasteiger partial charge in [-0.3, -0.25) is 10.3 Å². The predicted molar refractivity (Wildman–Crippen MR) is 125 cm³/mol. The van der Waals surface area contributed by atoms with Crippen molar-refractivity contribution in [3.8, 4) is 6.19 Å². The molecule has 3 aromatic rings. The third-order valence-corrected chi connectivity index (χ3v) is 5.54. The van der Waals surface area contributed by atoms with Gasteiger partial charge in [0.15, 0.2) is 6.19 Å². The fourth-order valence-corrected chi connectivity index (χ4v) is 3.99. The van der Waals surface area contributed by atoms with Crippen LogP contribution in [0.5, 0.6) is 0 Å². The number of rotatable bonds is 2. The summed E-state index contributed by atoms with van der Waals surface area (Å²) < 4.78 is 13.5. The van der Waals surface area contributed by atoms with Crippen LogP contribution in [0.25, 0.3) is 10.9 Å². The first kappa shape index (κ1) is 22.0. The van der Waals surface area contributed by atoms with Gasteiger partial charge in [0.2, 0.25) is 5.96 Å². The lowest BCUT2D eigenvalue weighted by atomic mass is 9.99. The van der Waals surface area contributed by atoms with Crippen LogP contribution < -0.4 is 10.6 Å². The highest BCUT2D eigenvalue weighted by Gasteiger charge is 2.37. The van der Waals surface area contributed by atoms with E-state index in [0.717, 1.165) is 10.9 Å². The molecule has 2 N–H and O–H groups in total. The molecule has 4 rings (SSSR count). The van der Waals surface area contributed by atoms with E-state index in [2.05, 4.69) is 15.6 Å². The maximum atomic E-state index is 13.5. The molecule has 1 aliphatic heterocycles. The van der Waals surface area contributed by atoms with E-state index in [-0.39, 0.29) is 6.03 Å². The molecule has 0 aliphatic carbocycles. The second-order valence-electron chi connectivity index (χ2n) is 8.35. The molecule has 0 saturated carbocycles. The molecule has 1 fully saturated rings. The average Bonchev–Trinajstić information content (AvgIpc) is 2.78. The van der Waals surface area contributed by atoms with Gasteiger partial charge in [0.05, 0.1) is 16.7 Å². The number of benzene rings is 2. The number of aliphatic imine (C=N–C) groups is 1. The molecule has 2 heterocycles. The van der Waals surface area contributed by atoms with Gasteiger partial charge < -0.3 is 15.1 Å². The number of aromatic nitrogens is 1.